The smallest absolute Gasteiger partial charge is 0.134 e. The van der Waals surface area contributed by atoms with Crippen LogP contribution in [0.15, 0.2) is 0 Å². The van der Waals surface area contributed by atoms with Gasteiger partial charge in [0.15, 0.2) is 0 Å². The van der Waals surface area contributed by atoms with Gasteiger partial charge in [0.25, 0.3) is 0 Å². The summed E-state index contributed by atoms with van der Waals surface area (Å²) in [6.07, 6.45) is 3.18. The van der Waals surface area contributed by atoms with Gasteiger partial charge in [-0.15, -0.1) is 0 Å². The van der Waals surface area contributed by atoms with Gasteiger partial charge in [-0.2, -0.15) is 0 Å². The molecule has 0 aromatic heterocycles. The molecule has 0 aliphatic carbocycles. The third-order valence-corrected chi connectivity index (χ3v) is 4.37. The number of methoxy groups -OCH3 is 2. The monoisotopic (exact) mass is 220 g/mol. The lowest BCUT2D eigenvalue weighted by Gasteiger charge is -2.13. The highest BCUT2D eigenvalue weighted by Crippen LogP contribution is 2.03. The van der Waals surface area contributed by atoms with Crippen LogP contribution in [0.1, 0.15) is 19.3 Å². The van der Waals surface area contributed by atoms with Gasteiger partial charge < -0.3 is 20.9 Å². The molecular weight excluding hydrogens is 196 g/mol. The van der Waals surface area contributed by atoms with E-state index in [4.69, 9.17) is 20.9 Å². The standard InChI is InChI=1S/C9H24N2O2Si/c1-12-9(13-2)14-7-3-4-8(11)5-6-10/h8-9H,3-7,10-11,14H2,1-2H3. The maximum atomic E-state index is 5.84. The lowest BCUT2D eigenvalue weighted by molar-refractivity contribution is -0.0441. The van der Waals surface area contributed by atoms with E-state index >= 15 is 0 Å². The molecule has 14 heavy (non-hydrogen) atoms. The van der Waals surface area contributed by atoms with Crippen molar-refractivity contribution in [2.24, 2.45) is 11.5 Å². The predicted octanol–water partition coefficient (Wildman–Crippen LogP) is -0.394. The van der Waals surface area contributed by atoms with Crippen LogP contribution in [-0.2, 0) is 9.47 Å². The van der Waals surface area contributed by atoms with E-state index < -0.39 is 0 Å². The van der Waals surface area contributed by atoms with Crippen LogP contribution in [0.3, 0.4) is 0 Å². The highest BCUT2D eigenvalue weighted by Gasteiger charge is 2.06. The van der Waals surface area contributed by atoms with E-state index in [2.05, 4.69) is 0 Å². The third-order valence-electron chi connectivity index (χ3n) is 2.33. The van der Waals surface area contributed by atoms with Gasteiger partial charge in [-0.3, -0.25) is 0 Å². The van der Waals surface area contributed by atoms with Gasteiger partial charge in [-0.1, -0.05) is 12.5 Å². The van der Waals surface area contributed by atoms with Gasteiger partial charge in [0, 0.05) is 20.3 Å². The van der Waals surface area contributed by atoms with E-state index in [9.17, 15) is 0 Å². The van der Waals surface area contributed by atoms with Crippen LogP contribution in [0, 0.1) is 0 Å². The molecule has 0 aliphatic rings. The quantitative estimate of drug-likeness (QED) is 0.315. The van der Waals surface area contributed by atoms with E-state index in [0.29, 0.717) is 6.54 Å². The Hall–Kier alpha value is 0.0569. The van der Waals surface area contributed by atoms with E-state index in [1.165, 1.54) is 12.5 Å². The molecule has 0 rings (SSSR count). The lowest BCUT2D eigenvalue weighted by Crippen LogP contribution is -2.25. The van der Waals surface area contributed by atoms with Crippen LogP contribution >= 0.6 is 0 Å². The first-order valence-electron chi connectivity index (χ1n) is 5.25. The first-order valence-corrected chi connectivity index (χ1v) is 7.07. The number of hydrogen-bond acceptors (Lipinski definition) is 4. The maximum Gasteiger partial charge on any atom is 0.134 e. The van der Waals surface area contributed by atoms with Gasteiger partial charge in [0.05, 0.1) is 9.52 Å². The fourth-order valence-corrected chi connectivity index (χ4v) is 2.79. The average Bonchev–Trinajstić information content (AvgIpc) is 2.19. The van der Waals surface area contributed by atoms with Crippen LogP contribution in [-0.4, -0.2) is 42.2 Å². The summed E-state index contributed by atoms with van der Waals surface area (Å²) in [6.45, 7) is 0.692. The van der Waals surface area contributed by atoms with E-state index in [-0.39, 0.29) is 21.5 Å². The summed E-state index contributed by atoms with van der Waals surface area (Å²) in [5, 5.41) is 0. The predicted molar refractivity (Wildman–Crippen MR) is 62.0 cm³/mol. The molecule has 4 N–H and O–H groups in total. The van der Waals surface area contributed by atoms with E-state index in [1.54, 1.807) is 14.2 Å². The zero-order valence-corrected chi connectivity index (χ0v) is 10.8. The topological polar surface area (TPSA) is 70.5 Å². The molecule has 4 nitrogen and oxygen atoms in total. The minimum absolute atomic E-state index is 0.0701. The van der Waals surface area contributed by atoms with Crippen molar-refractivity contribution in [3.8, 4) is 0 Å². The molecule has 0 aromatic rings. The largest absolute Gasteiger partial charge is 0.360 e. The number of rotatable bonds is 9. The van der Waals surface area contributed by atoms with Gasteiger partial charge >= 0.3 is 0 Å². The molecule has 1 atom stereocenters. The highest BCUT2D eigenvalue weighted by molar-refractivity contribution is 6.36. The van der Waals surface area contributed by atoms with Gasteiger partial charge in [-0.25, -0.2) is 0 Å². The molecule has 0 fully saturated rings. The summed E-state index contributed by atoms with van der Waals surface area (Å²) >= 11 is 0. The molecule has 86 valence electrons. The third kappa shape index (κ3) is 7.46. The first-order chi connectivity index (χ1) is 6.74. The van der Waals surface area contributed by atoms with Crippen LogP contribution in [0.2, 0.25) is 6.04 Å². The van der Waals surface area contributed by atoms with E-state index in [1.807, 2.05) is 0 Å². The summed E-state index contributed by atoms with van der Waals surface area (Å²) in [5.74, 6) is 0.0701. The molecule has 0 saturated carbocycles. The SMILES string of the molecule is COC(OC)[SiH2]CCCC(N)CCN. The highest BCUT2D eigenvalue weighted by atomic mass is 28.2. The van der Waals surface area contributed by atoms with Crippen molar-refractivity contribution in [1.29, 1.82) is 0 Å². The zero-order chi connectivity index (χ0) is 10.8. The van der Waals surface area contributed by atoms with Crippen molar-refractivity contribution in [3.05, 3.63) is 0 Å². The Balaban J connectivity index is 3.27. The molecule has 0 spiro atoms. The van der Waals surface area contributed by atoms with E-state index in [0.717, 1.165) is 12.8 Å². The molecule has 0 heterocycles. The van der Waals surface area contributed by atoms with Gasteiger partial charge in [-0.05, 0) is 19.4 Å². The lowest BCUT2D eigenvalue weighted by atomic mass is 10.1. The second kappa shape index (κ2) is 9.61. The summed E-state index contributed by atoms with van der Waals surface area (Å²) in [7, 11) is 3.13. The van der Waals surface area contributed by atoms with Crippen LogP contribution in [0.5, 0.6) is 0 Å². The van der Waals surface area contributed by atoms with Crippen molar-refractivity contribution >= 4 is 9.52 Å². The molecule has 5 heteroatoms. The first kappa shape index (κ1) is 14.1. The van der Waals surface area contributed by atoms with Crippen molar-refractivity contribution in [1.82, 2.24) is 0 Å². The molecule has 0 amide bonds. The Morgan fingerprint density at radius 3 is 2.36 bits per heavy atom. The van der Waals surface area contributed by atoms with Gasteiger partial charge in [0.2, 0.25) is 0 Å². The summed E-state index contributed by atoms with van der Waals surface area (Å²) in [4.78, 5) is 0. The van der Waals surface area contributed by atoms with Crippen LogP contribution < -0.4 is 11.5 Å². The maximum absolute atomic E-state index is 5.84. The van der Waals surface area contributed by atoms with Crippen molar-refractivity contribution < 1.29 is 9.47 Å². The Labute approximate surface area is 89.1 Å². The fraction of sp³-hybridized carbons (Fsp3) is 1.00. The molecular formula is C9H24N2O2Si. The molecule has 1 unspecified atom stereocenters. The normalized spacial score (nSPS) is 14.4. The van der Waals surface area contributed by atoms with Gasteiger partial charge in [0.1, 0.15) is 5.91 Å². The summed E-state index contributed by atoms with van der Waals surface area (Å²) < 4.78 is 10.3. The zero-order valence-electron chi connectivity index (χ0n) is 9.37. The number of nitrogens with two attached hydrogens (primary N) is 2. The summed E-state index contributed by atoms with van der Waals surface area (Å²) in [5.41, 5.74) is 11.3. The Morgan fingerprint density at radius 2 is 1.86 bits per heavy atom. The van der Waals surface area contributed by atoms with Crippen molar-refractivity contribution in [2.45, 2.75) is 37.3 Å². The molecule has 0 radical (unpaired) electrons. The Morgan fingerprint density at radius 1 is 1.21 bits per heavy atom. The second-order valence-electron chi connectivity index (χ2n) is 3.52. The molecule has 0 aliphatic heterocycles. The Kier molecular flexibility index (Phi) is 9.64. The minimum Gasteiger partial charge on any atom is -0.360 e. The van der Waals surface area contributed by atoms with Crippen LogP contribution in [0.4, 0.5) is 0 Å². The van der Waals surface area contributed by atoms with Crippen molar-refractivity contribution in [3.63, 3.8) is 0 Å². The molecule has 0 saturated heterocycles. The second-order valence-corrected chi connectivity index (χ2v) is 5.47. The number of ether oxygens (including phenoxy) is 2. The van der Waals surface area contributed by atoms with Crippen molar-refractivity contribution in [2.75, 3.05) is 20.8 Å². The molecule has 0 aromatic carbocycles. The number of hydrogen-bond donors (Lipinski definition) is 2. The van der Waals surface area contributed by atoms with Crippen LogP contribution in [0.25, 0.3) is 0 Å². The summed E-state index contributed by atoms with van der Waals surface area (Å²) in [6, 6.07) is 1.50. The fourth-order valence-electron chi connectivity index (χ4n) is 1.41. The molecule has 0 bridgehead atoms. The average molecular weight is 220 g/mol. The Bertz CT molecular complexity index is 123. The minimum atomic E-state index is -0.263.